The van der Waals surface area contributed by atoms with E-state index in [2.05, 4.69) is 17.9 Å². The maximum atomic E-state index is 5.30. The summed E-state index contributed by atoms with van der Waals surface area (Å²) in [6, 6.07) is 3.90. The van der Waals surface area contributed by atoms with Crippen LogP contribution < -0.4 is 14.8 Å². The molecule has 0 aliphatic heterocycles. The summed E-state index contributed by atoms with van der Waals surface area (Å²) in [5.41, 5.74) is 2.03. The number of methoxy groups -OCH3 is 2. The largest absolute Gasteiger partial charge is 0.496 e. The Kier molecular flexibility index (Phi) is 4.29. The second kappa shape index (κ2) is 5.28. The zero-order valence-electron chi connectivity index (χ0n) is 9.50. The van der Waals surface area contributed by atoms with Crippen LogP contribution in [0.5, 0.6) is 11.5 Å². The molecule has 84 valence electrons. The minimum absolute atomic E-state index is 0.0607. The summed E-state index contributed by atoms with van der Waals surface area (Å²) < 4.78 is 10.6. The summed E-state index contributed by atoms with van der Waals surface area (Å²) in [5, 5.41) is 2.99. The van der Waals surface area contributed by atoms with E-state index in [9.17, 15) is 0 Å². The Morgan fingerprint density at radius 1 is 1.20 bits per heavy atom. The second-order valence-corrected chi connectivity index (χ2v) is 3.77. The van der Waals surface area contributed by atoms with E-state index in [1.165, 1.54) is 0 Å². The van der Waals surface area contributed by atoms with Crippen molar-refractivity contribution in [3.8, 4) is 11.5 Å². The molecule has 1 unspecified atom stereocenters. The van der Waals surface area contributed by atoms with Gasteiger partial charge in [0.25, 0.3) is 0 Å². The summed E-state index contributed by atoms with van der Waals surface area (Å²) in [5.74, 6) is 1.67. The molecule has 0 saturated heterocycles. The maximum absolute atomic E-state index is 5.30. The molecule has 0 radical (unpaired) electrons. The van der Waals surface area contributed by atoms with Gasteiger partial charge in [-0.05, 0) is 31.7 Å². The molecule has 1 atom stereocenters. The average molecular weight is 227 g/mol. The Morgan fingerprint density at radius 2 is 1.80 bits per heavy atom. The van der Waals surface area contributed by atoms with Crippen molar-refractivity contribution in [2.75, 3.05) is 21.3 Å². The highest BCUT2D eigenvalue weighted by molar-refractivity contribution is 7.80. The smallest absolute Gasteiger partial charge is 0.125 e. The highest BCUT2D eigenvalue weighted by Gasteiger charge is 2.13. The van der Waals surface area contributed by atoms with E-state index < -0.39 is 0 Å². The Balaban J connectivity index is 3.22. The molecule has 3 nitrogen and oxygen atoms in total. The Bertz CT molecular complexity index is 342. The lowest BCUT2D eigenvalue weighted by Crippen LogP contribution is -2.11. The van der Waals surface area contributed by atoms with Crippen LogP contribution in [0.3, 0.4) is 0 Å². The van der Waals surface area contributed by atoms with Crippen LogP contribution >= 0.6 is 12.6 Å². The summed E-state index contributed by atoms with van der Waals surface area (Å²) in [7, 11) is 5.16. The van der Waals surface area contributed by atoms with Crippen LogP contribution in [0.2, 0.25) is 0 Å². The van der Waals surface area contributed by atoms with Gasteiger partial charge in [0, 0.05) is 5.56 Å². The minimum Gasteiger partial charge on any atom is -0.496 e. The topological polar surface area (TPSA) is 30.5 Å². The van der Waals surface area contributed by atoms with Crippen molar-refractivity contribution in [1.82, 2.24) is 5.32 Å². The third-order valence-corrected chi connectivity index (χ3v) is 2.85. The van der Waals surface area contributed by atoms with E-state index in [-0.39, 0.29) is 5.37 Å². The fourth-order valence-electron chi connectivity index (χ4n) is 1.44. The van der Waals surface area contributed by atoms with Gasteiger partial charge in [-0.25, -0.2) is 0 Å². The summed E-state index contributed by atoms with van der Waals surface area (Å²) in [6.07, 6.45) is 0. The number of ether oxygens (including phenoxy) is 2. The molecule has 0 aliphatic rings. The van der Waals surface area contributed by atoms with Crippen LogP contribution in [-0.4, -0.2) is 21.3 Å². The fraction of sp³-hybridized carbons (Fsp3) is 0.455. The lowest BCUT2D eigenvalue weighted by Gasteiger charge is -2.17. The molecule has 0 saturated carbocycles. The van der Waals surface area contributed by atoms with Crippen LogP contribution in [0, 0.1) is 6.92 Å². The van der Waals surface area contributed by atoms with E-state index in [1.54, 1.807) is 14.2 Å². The number of aryl methyl sites for hydroxylation is 1. The highest BCUT2D eigenvalue weighted by atomic mass is 32.1. The molecular weight excluding hydrogens is 210 g/mol. The predicted octanol–water partition coefficient (Wildman–Crippen LogP) is 2.16. The average Bonchev–Trinajstić information content (AvgIpc) is 2.27. The van der Waals surface area contributed by atoms with E-state index in [4.69, 9.17) is 9.47 Å². The van der Waals surface area contributed by atoms with Crippen molar-refractivity contribution in [2.24, 2.45) is 0 Å². The molecule has 0 aliphatic carbocycles. The molecule has 0 heterocycles. The van der Waals surface area contributed by atoms with Crippen molar-refractivity contribution in [2.45, 2.75) is 12.3 Å². The first-order valence-corrected chi connectivity index (χ1v) is 5.23. The van der Waals surface area contributed by atoms with Crippen LogP contribution in [-0.2, 0) is 0 Å². The van der Waals surface area contributed by atoms with Crippen LogP contribution in [0.15, 0.2) is 12.1 Å². The maximum Gasteiger partial charge on any atom is 0.125 e. The predicted molar refractivity (Wildman–Crippen MR) is 65.1 cm³/mol. The Labute approximate surface area is 96.2 Å². The van der Waals surface area contributed by atoms with Gasteiger partial charge < -0.3 is 14.8 Å². The van der Waals surface area contributed by atoms with Crippen molar-refractivity contribution < 1.29 is 9.47 Å². The summed E-state index contributed by atoms with van der Waals surface area (Å²) in [4.78, 5) is 0. The van der Waals surface area contributed by atoms with Gasteiger partial charge in [-0.2, -0.15) is 12.6 Å². The number of rotatable bonds is 4. The number of hydrogen-bond acceptors (Lipinski definition) is 4. The standard InChI is InChI=1S/C11H17NO2S/c1-7-5-10(14-4)8(11(15)12-2)6-9(7)13-3/h5-6,11-12,15H,1-4H3. The first-order chi connectivity index (χ1) is 7.13. The van der Waals surface area contributed by atoms with Gasteiger partial charge in [0.2, 0.25) is 0 Å². The number of nitrogens with one attached hydrogen (secondary N) is 1. The minimum atomic E-state index is -0.0607. The molecule has 0 spiro atoms. The summed E-state index contributed by atoms with van der Waals surface area (Å²) >= 11 is 4.42. The third-order valence-electron chi connectivity index (χ3n) is 2.32. The van der Waals surface area contributed by atoms with E-state index in [1.807, 2.05) is 26.1 Å². The SMILES string of the molecule is CNC(S)c1cc(OC)c(C)cc1OC. The second-order valence-electron chi connectivity index (χ2n) is 3.25. The van der Waals surface area contributed by atoms with Gasteiger partial charge in [0.1, 0.15) is 11.5 Å². The van der Waals surface area contributed by atoms with Crippen LogP contribution in [0.1, 0.15) is 16.5 Å². The number of thiol groups is 1. The van der Waals surface area contributed by atoms with Crippen molar-refractivity contribution >= 4 is 12.6 Å². The van der Waals surface area contributed by atoms with Crippen molar-refractivity contribution in [3.05, 3.63) is 23.3 Å². The van der Waals surface area contributed by atoms with E-state index in [0.29, 0.717) is 0 Å². The fourth-order valence-corrected chi connectivity index (χ4v) is 1.64. The van der Waals surface area contributed by atoms with Crippen molar-refractivity contribution in [1.29, 1.82) is 0 Å². The molecule has 1 N–H and O–H groups in total. The lowest BCUT2D eigenvalue weighted by atomic mass is 10.1. The molecule has 0 amide bonds. The molecule has 4 heteroatoms. The molecule has 0 aromatic heterocycles. The van der Waals surface area contributed by atoms with Gasteiger partial charge in [0.15, 0.2) is 0 Å². The van der Waals surface area contributed by atoms with Gasteiger partial charge in [-0.3, -0.25) is 0 Å². The molecule has 15 heavy (non-hydrogen) atoms. The molecular formula is C11H17NO2S. The number of benzene rings is 1. The molecule has 1 aromatic carbocycles. The van der Waals surface area contributed by atoms with Gasteiger partial charge in [0.05, 0.1) is 19.6 Å². The third kappa shape index (κ3) is 2.58. The monoisotopic (exact) mass is 227 g/mol. The van der Waals surface area contributed by atoms with Crippen molar-refractivity contribution in [3.63, 3.8) is 0 Å². The Morgan fingerprint density at radius 3 is 2.27 bits per heavy atom. The van der Waals surface area contributed by atoms with E-state index in [0.717, 1.165) is 22.6 Å². The van der Waals surface area contributed by atoms with E-state index >= 15 is 0 Å². The van der Waals surface area contributed by atoms with Crippen LogP contribution in [0.25, 0.3) is 0 Å². The molecule has 0 fully saturated rings. The normalized spacial score (nSPS) is 12.3. The van der Waals surface area contributed by atoms with Gasteiger partial charge >= 0.3 is 0 Å². The lowest BCUT2D eigenvalue weighted by molar-refractivity contribution is 0.395. The first-order valence-electron chi connectivity index (χ1n) is 4.71. The zero-order chi connectivity index (χ0) is 11.4. The molecule has 1 aromatic rings. The number of hydrogen-bond donors (Lipinski definition) is 2. The zero-order valence-corrected chi connectivity index (χ0v) is 10.4. The van der Waals surface area contributed by atoms with Gasteiger partial charge in [-0.1, -0.05) is 0 Å². The van der Waals surface area contributed by atoms with Gasteiger partial charge in [-0.15, -0.1) is 0 Å². The first kappa shape index (κ1) is 12.2. The van der Waals surface area contributed by atoms with Crippen LogP contribution in [0.4, 0.5) is 0 Å². The molecule has 1 rings (SSSR count). The molecule has 0 bridgehead atoms. The Hall–Kier alpha value is -0.870. The quantitative estimate of drug-likeness (QED) is 0.610. The summed E-state index contributed by atoms with van der Waals surface area (Å²) in [6.45, 7) is 1.98. The highest BCUT2D eigenvalue weighted by Crippen LogP contribution is 2.33.